The number of piperidine rings is 1. The number of benzene rings is 2. The molecule has 0 aliphatic carbocycles. The topological polar surface area (TPSA) is 57.7 Å². The minimum Gasteiger partial charge on any atom is -0.293 e. The molecule has 0 saturated carbocycles. The predicted octanol–water partition coefficient (Wildman–Crippen LogP) is 3.84. The van der Waals surface area contributed by atoms with Crippen LogP contribution in [-0.2, 0) is 10.0 Å². The Morgan fingerprint density at radius 1 is 1.11 bits per heavy atom. The summed E-state index contributed by atoms with van der Waals surface area (Å²) >= 11 is 6.17. The van der Waals surface area contributed by atoms with Gasteiger partial charge in [0.25, 0.3) is 0 Å². The van der Waals surface area contributed by atoms with Crippen LogP contribution in [0, 0.1) is 0 Å². The second-order valence-corrected chi connectivity index (χ2v) is 9.47. The Kier molecular flexibility index (Phi) is 6.75. The molecule has 150 valence electrons. The first-order valence-electron chi connectivity index (χ1n) is 9.41. The summed E-state index contributed by atoms with van der Waals surface area (Å²) < 4.78 is 26.3. The lowest BCUT2D eigenvalue weighted by Crippen LogP contribution is -2.49. The van der Waals surface area contributed by atoms with Crippen molar-refractivity contribution in [3.05, 3.63) is 65.2 Å². The molecule has 2 aromatic rings. The van der Waals surface area contributed by atoms with Gasteiger partial charge in [0, 0.05) is 18.2 Å². The van der Waals surface area contributed by atoms with Crippen molar-refractivity contribution < 1.29 is 13.2 Å². The molecule has 1 aliphatic heterocycles. The van der Waals surface area contributed by atoms with E-state index in [-0.39, 0.29) is 18.4 Å². The summed E-state index contributed by atoms with van der Waals surface area (Å²) in [6.07, 6.45) is 4.10. The maximum Gasteiger partial charge on any atom is 0.232 e. The summed E-state index contributed by atoms with van der Waals surface area (Å²) in [4.78, 5) is 14.9. The third-order valence-electron chi connectivity index (χ3n) is 5.09. The number of carbonyl (C=O) groups is 1. The first-order chi connectivity index (χ1) is 13.4. The maximum absolute atomic E-state index is 12.8. The van der Waals surface area contributed by atoms with E-state index < -0.39 is 10.0 Å². The standard InChI is InChI=1S/C21H25ClN2O3S/c1-28(26,27)24(17-9-3-2-4-10-17)15-18-11-7-8-14-23(18)16-21(25)19-12-5-6-13-20(19)22/h2-6,9-10,12-13,18H,7-8,11,14-16H2,1H3. The van der Waals surface area contributed by atoms with E-state index in [0.29, 0.717) is 22.8 Å². The van der Waals surface area contributed by atoms with E-state index >= 15 is 0 Å². The van der Waals surface area contributed by atoms with Gasteiger partial charge >= 0.3 is 0 Å². The number of para-hydroxylation sites is 1. The number of likely N-dealkylation sites (tertiary alicyclic amines) is 1. The first-order valence-corrected chi connectivity index (χ1v) is 11.6. The van der Waals surface area contributed by atoms with Gasteiger partial charge in [0.15, 0.2) is 5.78 Å². The smallest absolute Gasteiger partial charge is 0.232 e. The molecule has 0 aromatic heterocycles. The minimum absolute atomic E-state index is 0.0184. The molecule has 1 saturated heterocycles. The second-order valence-electron chi connectivity index (χ2n) is 7.15. The summed E-state index contributed by atoms with van der Waals surface area (Å²) in [5.74, 6) is -0.0388. The Hall–Kier alpha value is -1.89. The van der Waals surface area contributed by atoms with E-state index in [9.17, 15) is 13.2 Å². The summed E-state index contributed by atoms with van der Waals surface area (Å²) in [6, 6.07) is 16.1. The van der Waals surface area contributed by atoms with Crippen molar-refractivity contribution in [1.82, 2.24) is 4.90 Å². The molecule has 0 bridgehead atoms. The van der Waals surface area contributed by atoms with Gasteiger partial charge in [0.1, 0.15) is 0 Å². The molecule has 2 aromatic carbocycles. The minimum atomic E-state index is -3.43. The number of carbonyl (C=O) groups excluding carboxylic acids is 1. The van der Waals surface area contributed by atoms with Crippen LogP contribution in [0.15, 0.2) is 54.6 Å². The molecular weight excluding hydrogens is 396 g/mol. The number of sulfonamides is 1. The Morgan fingerprint density at radius 2 is 1.79 bits per heavy atom. The van der Waals surface area contributed by atoms with Gasteiger partial charge in [-0.3, -0.25) is 14.0 Å². The fraction of sp³-hybridized carbons (Fsp3) is 0.381. The zero-order chi connectivity index (χ0) is 20.1. The van der Waals surface area contributed by atoms with E-state index in [4.69, 9.17) is 11.6 Å². The van der Waals surface area contributed by atoms with E-state index in [2.05, 4.69) is 4.90 Å². The largest absolute Gasteiger partial charge is 0.293 e. The van der Waals surface area contributed by atoms with Crippen molar-refractivity contribution >= 4 is 33.1 Å². The van der Waals surface area contributed by atoms with Gasteiger partial charge < -0.3 is 0 Å². The zero-order valence-corrected chi connectivity index (χ0v) is 17.5. The number of ketones is 1. The fourth-order valence-corrected chi connectivity index (χ4v) is 4.84. The molecule has 1 unspecified atom stereocenters. The van der Waals surface area contributed by atoms with Crippen LogP contribution >= 0.6 is 11.6 Å². The van der Waals surface area contributed by atoms with Gasteiger partial charge in [0.2, 0.25) is 10.0 Å². The summed E-state index contributed by atoms with van der Waals surface area (Å²) in [5.41, 5.74) is 1.16. The molecule has 0 amide bonds. The van der Waals surface area contributed by atoms with Crippen molar-refractivity contribution in [3.63, 3.8) is 0 Å². The summed E-state index contributed by atoms with van der Waals surface area (Å²) in [7, 11) is -3.43. The average Bonchev–Trinajstić information content (AvgIpc) is 2.67. The molecule has 5 nitrogen and oxygen atoms in total. The molecule has 28 heavy (non-hydrogen) atoms. The monoisotopic (exact) mass is 420 g/mol. The second kappa shape index (κ2) is 9.07. The summed E-state index contributed by atoms with van der Waals surface area (Å²) in [6.45, 7) is 1.34. The van der Waals surface area contributed by atoms with Crippen LogP contribution in [0.1, 0.15) is 29.6 Å². The van der Waals surface area contributed by atoms with Crippen molar-refractivity contribution in [2.24, 2.45) is 0 Å². The quantitative estimate of drug-likeness (QED) is 0.638. The van der Waals surface area contributed by atoms with Crippen molar-refractivity contribution in [1.29, 1.82) is 0 Å². The Morgan fingerprint density at radius 3 is 2.46 bits per heavy atom. The normalized spacial score (nSPS) is 18.0. The predicted molar refractivity (Wildman–Crippen MR) is 114 cm³/mol. The van der Waals surface area contributed by atoms with Gasteiger partial charge in [-0.15, -0.1) is 0 Å². The molecule has 0 N–H and O–H groups in total. The third-order valence-corrected chi connectivity index (χ3v) is 6.58. The van der Waals surface area contributed by atoms with Crippen molar-refractivity contribution in [3.8, 4) is 0 Å². The lowest BCUT2D eigenvalue weighted by atomic mass is 10.0. The molecule has 7 heteroatoms. The SMILES string of the molecule is CS(=O)(=O)N(CC1CCCCN1CC(=O)c1ccccc1Cl)c1ccccc1. The van der Waals surface area contributed by atoms with Crippen LogP contribution in [-0.4, -0.2) is 51.0 Å². The average molecular weight is 421 g/mol. The highest BCUT2D eigenvalue weighted by molar-refractivity contribution is 7.92. The number of hydrogen-bond donors (Lipinski definition) is 0. The number of nitrogens with zero attached hydrogens (tertiary/aromatic N) is 2. The van der Waals surface area contributed by atoms with Crippen molar-refractivity contribution in [2.75, 3.05) is 30.2 Å². The van der Waals surface area contributed by atoms with E-state index in [1.807, 2.05) is 18.2 Å². The Labute approximate surface area is 172 Å². The van der Waals surface area contributed by atoms with Gasteiger partial charge in [-0.1, -0.05) is 48.4 Å². The third kappa shape index (κ3) is 5.13. The van der Waals surface area contributed by atoms with Crippen LogP contribution in [0.2, 0.25) is 5.02 Å². The molecular formula is C21H25ClN2O3S. The number of Topliss-reactive ketones (excluding diaryl/α,β-unsaturated/α-hetero) is 1. The zero-order valence-electron chi connectivity index (χ0n) is 15.9. The maximum atomic E-state index is 12.8. The highest BCUT2D eigenvalue weighted by atomic mass is 35.5. The van der Waals surface area contributed by atoms with Gasteiger partial charge in [-0.2, -0.15) is 0 Å². The molecule has 1 aliphatic rings. The van der Waals surface area contributed by atoms with E-state index in [0.717, 1.165) is 25.8 Å². The molecule has 0 spiro atoms. The highest BCUT2D eigenvalue weighted by Crippen LogP contribution is 2.24. The fourth-order valence-electron chi connectivity index (χ4n) is 3.65. The molecule has 3 rings (SSSR count). The van der Waals surface area contributed by atoms with Crippen molar-refractivity contribution in [2.45, 2.75) is 25.3 Å². The van der Waals surface area contributed by atoms with Crippen LogP contribution in [0.5, 0.6) is 0 Å². The molecule has 1 atom stereocenters. The first kappa shape index (κ1) is 20.8. The lowest BCUT2D eigenvalue weighted by molar-refractivity contribution is 0.0852. The highest BCUT2D eigenvalue weighted by Gasteiger charge is 2.29. The Balaban J connectivity index is 1.79. The Bertz CT molecular complexity index is 918. The summed E-state index contributed by atoms with van der Waals surface area (Å²) in [5, 5.41) is 0.447. The van der Waals surface area contributed by atoms with Crippen LogP contribution in [0.3, 0.4) is 0 Å². The van der Waals surface area contributed by atoms with Gasteiger partial charge in [0.05, 0.1) is 23.5 Å². The van der Waals surface area contributed by atoms with E-state index in [1.54, 1.807) is 36.4 Å². The van der Waals surface area contributed by atoms with E-state index in [1.165, 1.54) is 10.6 Å². The number of halogens is 1. The number of hydrogen-bond acceptors (Lipinski definition) is 4. The van der Waals surface area contributed by atoms with Crippen LogP contribution < -0.4 is 4.31 Å². The molecule has 1 fully saturated rings. The van der Waals surface area contributed by atoms with Gasteiger partial charge in [-0.25, -0.2) is 8.42 Å². The number of rotatable bonds is 7. The molecule has 0 radical (unpaired) electrons. The lowest BCUT2D eigenvalue weighted by Gasteiger charge is -2.38. The van der Waals surface area contributed by atoms with Crippen LogP contribution in [0.25, 0.3) is 0 Å². The molecule has 1 heterocycles. The number of anilines is 1. The van der Waals surface area contributed by atoms with Crippen LogP contribution in [0.4, 0.5) is 5.69 Å². The van der Waals surface area contributed by atoms with Gasteiger partial charge in [-0.05, 0) is 43.7 Å².